The van der Waals surface area contributed by atoms with Gasteiger partial charge in [-0.2, -0.15) is 5.10 Å². The Morgan fingerprint density at radius 1 is 1.11 bits per heavy atom. The van der Waals surface area contributed by atoms with Crippen molar-refractivity contribution in [2.24, 2.45) is 5.41 Å². The molecule has 2 bridgehead atoms. The molecule has 6 rings (SSSR count). The Kier molecular flexibility index (Phi) is 5.30. The summed E-state index contributed by atoms with van der Waals surface area (Å²) in [5.74, 6) is -1.21. The highest BCUT2D eigenvalue weighted by Crippen LogP contribution is 2.69. The van der Waals surface area contributed by atoms with Crippen molar-refractivity contribution in [3.8, 4) is 22.8 Å². The van der Waals surface area contributed by atoms with Gasteiger partial charge in [0.25, 0.3) is 0 Å². The molecule has 4 atom stereocenters. The van der Waals surface area contributed by atoms with Gasteiger partial charge in [-0.15, -0.1) is 5.10 Å². The maximum absolute atomic E-state index is 14.5. The lowest BCUT2D eigenvalue weighted by atomic mass is 9.66. The number of oxazole rings is 1. The van der Waals surface area contributed by atoms with Crippen molar-refractivity contribution in [3.63, 3.8) is 0 Å². The lowest BCUT2D eigenvalue weighted by Gasteiger charge is -2.37. The molecule has 3 heterocycles. The van der Waals surface area contributed by atoms with Crippen LogP contribution in [0.3, 0.4) is 0 Å². The van der Waals surface area contributed by atoms with E-state index in [1.165, 1.54) is 44.5 Å². The second kappa shape index (κ2) is 8.17. The van der Waals surface area contributed by atoms with Gasteiger partial charge in [-0.3, -0.25) is 4.98 Å². The van der Waals surface area contributed by atoms with Crippen LogP contribution in [0.15, 0.2) is 47.3 Å². The SMILES string of the molecule is CC(F)[C@@](C)(O)c1coc(-c2cncc([C@@]34CC[C@@H](c5cc(-c6c(F)cccc6F)nnc53)C4(C)C)n2)n1. The number of alkyl halides is 1. The van der Waals surface area contributed by atoms with Crippen LogP contribution in [0, 0.1) is 17.0 Å². The number of aromatic nitrogens is 5. The summed E-state index contributed by atoms with van der Waals surface area (Å²) in [6.45, 7) is 6.84. The summed E-state index contributed by atoms with van der Waals surface area (Å²) >= 11 is 0. The van der Waals surface area contributed by atoms with Crippen molar-refractivity contribution in [1.82, 2.24) is 25.1 Å². The highest BCUT2D eigenvalue weighted by atomic mass is 19.1. The lowest BCUT2D eigenvalue weighted by molar-refractivity contribution is -0.0196. The first-order valence-corrected chi connectivity index (χ1v) is 12.5. The third-order valence-corrected chi connectivity index (χ3v) is 8.69. The summed E-state index contributed by atoms with van der Waals surface area (Å²) in [7, 11) is 0. The molecule has 1 fully saturated rings. The molecule has 1 saturated carbocycles. The molecule has 1 unspecified atom stereocenters. The fraction of sp³-hybridized carbons (Fsp3) is 0.393. The van der Waals surface area contributed by atoms with E-state index in [2.05, 4.69) is 34.0 Å². The monoisotopic (exact) mass is 521 g/mol. The van der Waals surface area contributed by atoms with Gasteiger partial charge in [-0.1, -0.05) is 19.9 Å². The summed E-state index contributed by atoms with van der Waals surface area (Å²) in [5.41, 5.74) is -0.220. The maximum Gasteiger partial charge on any atom is 0.247 e. The second-order valence-electron chi connectivity index (χ2n) is 10.9. The van der Waals surface area contributed by atoms with E-state index in [9.17, 15) is 18.3 Å². The van der Waals surface area contributed by atoms with Crippen LogP contribution in [0.2, 0.25) is 0 Å². The Bertz CT molecular complexity index is 1550. The van der Waals surface area contributed by atoms with Gasteiger partial charge in [-0.25, -0.2) is 23.1 Å². The Balaban J connectivity index is 1.46. The molecule has 3 aromatic heterocycles. The molecule has 1 aromatic carbocycles. The topological polar surface area (TPSA) is 97.8 Å². The Labute approximate surface area is 217 Å². The average Bonchev–Trinajstić information content (AvgIpc) is 3.53. The van der Waals surface area contributed by atoms with Crippen molar-refractivity contribution >= 4 is 0 Å². The maximum atomic E-state index is 14.5. The normalized spacial score (nSPS) is 23.7. The Morgan fingerprint density at radius 3 is 2.55 bits per heavy atom. The van der Waals surface area contributed by atoms with E-state index in [1.807, 2.05) is 0 Å². The van der Waals surface area contributed by atoms with Crippen LogP contribution >= 0.6 is 0 Å². The van der Waals surface area contributed by atoms with Crippen LogP contribution in [-0.2, 0) is 11.0 Å². The van der Waals surface area contributed by atoms with Crippen LogP contribution in [0.4, 0.5) is 13.2 Å². The minimum Gasteiger partial charge on any atom is -0.443 e. The minimum absolute atomic E-state index is 0.0547. The van der Waals surface area contributed by atoms with E-state index < -0.39 is 28.8 Å². The standard InChI is InChI=1S/C28H26F3N5O2/c1-14(29)27(4,37)22-13-38-25(34-22)20-11-32-12-21(33-20)28-9-8-16(26(28,2)3)15-10-19(35-36-24(15)28)23-17(30)6-5-7-18(23)31/h5-7,10-14,16,37H,8-9H2,1-4H3/t14?,16-,27+,28-/m0/s1. The average molecular weight is 522 g/mol. The number of aliphatic hydroxyl groups is 1. The van der Waals surface area contributed by atoms with Crippen molar-refractivity contribution in [1.29, 1.82) is 0 Å². The van der Waals surface area contributed by atoms with Crippen molar-refractivity contribution < 1.29 is 22.7 Å². The minimum atomic E-state index is -1.82. The van der Waals surface area contributed by atoms with Crippen LogP contribution in [0.1, 0.15) is 69.1 Å². The van der Waals surface area contributed by atoms with Crippen molar-refractivity contribution in [2.45, 2.75) is 63.6 Å². The highest BCUT2D eigenvalue weighted by Gasteiger charge is 2.65. The smallest absolute Gasteiger partial charge is 0.247 e. The molecule has 38 heavy (non-hydrogen) atoms. The summed E-state index contributed by atoms with van der Waals surface area (Å²) in [6, 6.07) is 5.47. The van der Waals surface area contributed by atoms with E-state index >= 15 is 0 Å². The van der Waals surface area contributed by atoms with Gasteiger partial charge >= 0.3 is 0 Å². The van der Waals surface area contributed by atoms with Gasteiger partial charge in [0.05, 0.1) is 34.3 Å². The van der Waals surface area contributed by atoms with E-state index in [0.717, 1.165) is 18.4 Å². The number of hydrogen-bond donors (Lipinski definition) is 1. The number of rotatable bonds is 5. The Morgan fingerprint density at radius 2 is 1.84 bits per heavy atom. The van der Waals surface area contributed by atoms with E-state index in [0.29, 0.717) is 17.1 Å². The third kappa shape index (κ3) is 3.22. The first-order valence-electron chi connectivity index (χ1n) is 12.5. The molecule has 196 valence electrons. The van der Waals surface area contributed by atoms with E-state index in [4.69, 9.17) is 9.40 Å². The van der Waals surface area contributed by atoms with Crippen LogP contribution < -0.4 is 0 Å². The van der Waals surface area contributed by atoms with Crippen LogP contribution in [-0.4, -0.2) is 36.4 Å². The molecule has 2 aliphatic rings. The third-order valence-electron chi connectivity index (χ3n) is 8.69. The van der Waals surface area contributed by atoms with E-state index in [1.54, 1.807) is 12.3 Å². The molecule has 0 amide bonds. The molecule has 0 spiro atoms. The number of benzene rings is 1. The molecule has 4 aromatic rings. The molecule has 7 nitrogen and oxygen atoms in total. The zero-order valence-electron chi connectivity index (χ0n) is 21.3. The van der Waals surface area contributed by atoms with Crippen molar-refractivity contribution in [2.75, 3.05) is 0 Å². The molecule has 1 N–H and O–H groups in total. The summed E-state index contributed by atoms with van der Waals surface area (Å²) in [5, 5.41) is 19.2. The summed E-state index contributed by atoms with van der Waals surface area (Å²) in [6.07, 6.45) is 4.39. The van der Waals surface area contributed by atoms with Gasteiger partial charge in [0, 0.05) is 6.20 Å². The summed E-state index contributed by atoms with van der Waals surface area (Å²) < 4.78 is 48.5. The number of fused-ring (bicyclic) bond motifs is 5. The number of nitrogens with zero attached hydrogens (tertiary/aromatic N) is 5. The molecule has 0 aliphatic heterocycles. The van der Waals surface area contributed by atoms with Gasteiger partial charge in [0.15, 0.2) is 0 Å². The molecular formula is C28H26F3N5O2. The van der Waals surface area contributed by atoms with Gasteiger partial charge in [0.2, 0.25) is 5.89 Å². The van der Waals surface area contributed by atoms with Gasteiger partial charge in [0.1, 0.15) is 41.1 Å². The van der Waals surface area contributed by atoms with Crippen LogP contribution in [0.25, 0.3) is 22.8 Å². The molecule has 10 heteroatoms. The highest BCUT2D eigenvalue weighted by molar-refractivity contribution is 5.64. The molecule has 0 radical (unpaired) electrons. The number of hydrogen-bond acceptors (Lipinski definition) is 7. The largest absolute Gasteiger partial charge is 0.443 e. The molecule has 0 saturated heterocycles. The predicted octanol–water partition coefficient (Wildman–Crippen LogP) is 5.64. The lowest BCUT2D eigenvalue weighted by Crippen LogP contribution is -2.38. The van der Waals surface area contributed by atoms with Gasteiger partial charge in [-0.05, 0) is 61.8 Å². The molecule has 2 aliphatic carbocycles. The number of halogens is 3. The van der Waals surface area contributed by atoms with Crippen LogP contribution in [0.5, 0.6) is 0 Å². The zero-order chi connectivity index (χ0) is 27.0. The van der Waals surface area contributed by atoms with Gasteiger partial charge < -0.3 is 9.52 Å². The summed E-state index contributed by atoms with van der Waals surface area (Å²) in [4.78, 5) is 13.5. The second-order valence-corrected chi connectivity index (χ2v) is 10.9. The quantitative estimate of drug-likeness (QED) is 0.363. The zero-order valence-corrected chi connectivity index (χ0v) is 21.3. The first kappa shape index (κ1) is 24.7. The Hall–Kier alpha value is -3.66. The first-order chi connectivity index (χ1) is 18.0. The predicted molar refractivity (Wildman–Crippen MR) is 132 cm³/mol. The molecular weight excluding hydrogens is 495 g/mol. The fourth-order valence-electron chi connectivity index (χ4n) is 6.26. The van der Waals surface area contributed by atoms with E-state index in [-0.39, 0.29) is 34.2 Å². The van der Waals surface area contributed by atoms with Crippen molar-refractivity contribution in [3.05, 3.63) is 77.2 Å². The fourth-order valence-corrected chi connectivity index (χ4v) is 6.26.